The molecule has 0 aliphatic rings. The third-order valence-electron chi connectivity index (χ3n) is 1.92. The summed E-state index contributed by atoms with van der Waals surface area (Å²) in [6, 6.07) is 3.54. The van der Waals surface area contributed by atoms with E-state index < -0.39 is 0 Å². The molecule has 0 radical (unpaired) electrons. The Morgan fingerprint density at radius 3 is 2.94 bits per heavy atom. The van der Waals surface area contributed by atoms with Gasteiger partial charge < -0.3 is 5.32 Å². The van der Waals surface area contributed by atoms with E-state index in [1.807, 2.05) is 0 Å². The minimum absolute atomic E-state index is 0.0662. The molecular weight excluding hydrogens is 228 g/mol. The number of nitrogens with zero attached hydrogens (tertiary/aromatic N) is 3. The van der Waals surface area contributed by atoms with Crippen LogP contribution in [-0.2, 0) is 4.79 Å². The average Bonchev–Trinajstić information content (AvgIpc) is 2.83. The Hall–Kier alpha value is -1.88. The van der Waals surface area contributed by atoms with Gasteiger partial charge in [-0.05, 0) is 12.1 Å². The van der Waals surface area contributed by atoms with Crippen molar-refractivity contribution in [2.75, 3.05) is 11.2 Å². The smallest absolute Gasteiger partial charge is 0.239 e. The second kappa shape index (κ2) is 4.76. The molecule has 1 amide bonds. The van der Waals surface area contributed by atoms with E-state index in [9.17, 15) is 4.79 Å². The van der Waals surface area contributed by atoms with Gasteiger partial charge in [0.25, 0.3) is 0 Å². The van der Waals surface area contributed by atoms with Crippen LogP contribution in [0, 0.1) is 0 Å². The maximum Gasteiger partial charge on any atom is 0.239 e. The maximum atomic E-state index is 11.0. The van der Waals surface area contributed by atoms with Gasteiger partial charge in [0, 0.05) is 12.4 Å². The lowest BCUT2D eigenvalue weighted by Gasteiger charge is -2.04. The number of imidazole rings is 1. The number of nitrogens with one attached hydrogen (secondary N) is 1. The number of halogens is 1. The van der Waals surface area contributed by atoms with E-state index in [1.54, 1.807) is 41.6 Å². The highest BCUT2D eigenvalue weighted by atomic mass is 35.5. The van der Waals surface area contributed by atoms with Gasteiger partial charge in [0.15, 0.2) is 0 Å². The third kappa shape index (κ3) is 2.38. The maximum absolute atomic E-state index is 11.0. The van der Waals surface area contributed by atoms with E-state index >= 15 is 0 Å². The molecule has 0 spiro atoms. The quantitative estimate of drug-likeness (QED) is 0.821. The molecule has 1 N–H and O–H groups in total. The predicted molar refractivity (Wildman–Crippen MR) is 60.7 cm³/mol. The van der Waals surface area contributed by atoms with Crippen molar-refractivity contribution in [2.24, 2.45) is 0 Å². The molecule has 82 valence electrons. The fourth-order valence-electron chi connectivity index (χ4n) is 1.20. The first-order valence-electron chi connectivity index (χ1n) is 4.60. The number of aromatic nitrogens is 3. The Kier molecular flexibility index (Phi) is 3.16. The van der Waals surface area contributed by atoms with E-state index in [4.69, 9.17) is 11.6 Å². The summed E-state index contributed by atoms with van der Waals surface area (Å²) < 4.78 is 1.77. The van der Waals surface area contributed by atoms with Gasteiger partial charge in [-0.15, -0.1) is 11.6 Å². The van der Waals surface area contributed by atoms with Crippen LogP contribution < -0.4 is 5.32 Å². The Balaban J connectivity index is 2.14. The summed E-state index contributed by atoms with van der Waals surface area (Å²) in [5, 5.41) is 2.61. The topological polar surface area (TPSA) is 59.8 Å². The molecule has 0 aliphatic carbocycles. The molecule has 2 rings (SSSR count). The standard InChI is InChI=1S/C10H9ClN4O/c11-5-10(16)14-8-1-2-9(13-6-8)15-4-3-12-7-15/h1-4,6-7H,5H2,(H,14,16). The molecule has 0 saturated heterocycles. The van der Waals surface area contributed by atoms with Gasteiger partial charge in [-0.25, -0.2) is 9.97 Å². The summed E-state index contributed by atoms with van der Waals surface area (Å²) >= 11 is 5.37. The molecule has 2 heterocycles. The van der Waals surface area contributed by atoms with Gasteiger partial charge in [0.2, 0.25) is 5.91 Å². The van der Waals surface area contributed by atoms with Gasteiger partial charge in [0.1, 0.15) is 18.0 Å². The number of hydrogen-bond donors (Lipinski definition) is 1. The minimum Gasteiger partial charge on any atom is -0.324 e. The summed E-state index contributed by atoms with van der Waals surface area (Å²) in [7, 11) is 0. The van der Waals surface area contributed by atoms with Gasteiger partial charge in [-0.3, -0.25) is 9.36 Å². The molecule has 0 aliphatic heterocycles. The fraction of sp³-hybridized carbons (Fsp3) is 0.100. The van der Waals surface area contributed by atoms with Gasteiger partial charge in [-0.1, -0.05) is 0 Å². The SMILES string of the molecule is O=C(CCl)Nc1ccc(-n2ccnc2)nc1. The van der Waals surface area contributed by atoms with Crippen LogP contribution >= 0.6 is 11.6 Å². The zero-order chi connectivity index (χ0) is 11.4. The van der Waals surface area contributed by atoms with Crippen LogP contribution in [0.5, 0.6) is 0 Å². The molecule has 0 fully saturated rings. The Morgan fingerprint density at radius 2 is 2.38 bits per heavy atom. The summed E-state index contributed by atoms with van der Waals surface area (Å²) in [4.78, 5) is 19.1. The number of carbonyl (C=O) groups excluding carboxylic acids is 1. The molecule has 0 unspecified atom stereocenters. The lowest BCUT2D eigenvalue weighted by atomic mass is 10.4. The largest absolute Gasteiger partial charge is 0.324 e. The normalized spacial score (nSPS) is 10.1. The second-order valence-corrected chi connectivity index (χ2v) is 3.32. The molecular formula is C10H9ClN4O. The number of amides is 1. The van der Waals surface area contributed by atoms with Crippen molar-refractivity contribution in [1.29, 1.82) is 0 Å². The van der Waals surface area contributed by atoms with Crippen LogP contribution in [0.15, 0.2) is 37.1 Å². The van der Waals surface area contributed by atoms with Crippen LogP contribution in [0.25, 0.3) is 5.82 Å². The highest BCUT2D eigenvalue weighted by Gasteiger charge is 2.01. The van der Waals surface area contributed by atoms with Crippen molar-refractivity contribution in [2.45, 2.75) is 0 Å². The van der Waals surface area contributed by atoms with Gasteiger partial charge >= 0.3 is 0 Å². The van der Waals surface area contributed by atoms with Crippen LogP contribution in [0.3, 0.4) is 0 Å². The van der Waals surface area contributed by atoms with E-state index in [0.717, 1.165) is 5.82 Å². The Labute approximate surface area is 97.1 Å². The van der Waals surface area contributed by atoms with Crippen LogP contribution in [0.1, 0.15) is 0 Å². The number of hydrogen-bond acceptors (Lipinski definition) is 3. The third-order valence-corrected chi connectivity index (χ3v) is 2.16. The number of alkyl halides is 1. The second-order valence-electron chi connectivity index (χ2n) is 3.06. The molecule has 6 heteroatoms. The van der Waals surface area contributed by atoms with Crippen molar-refractivity contribution >= 4 is 23.2 Å². The van der Waals surface area contributed by atoms with E-state index in [1.165, 1.54) is 0 Å². The average molecular weight is 237 g/mol. The first-order valence-corrected chi connectivity index (χ1v) is 5.13. The van der Waals surface area contributed by atoms with E-state index in [0.29, 0.717) is 5.69 Å². The van der Waals surface area contributed by atoms with Crippen LogP contribution in [-0.4, -0.2) is 26.3 Å². The highest BCUT2D eigenvalue weighted by molar-refractivity contribution is 6.29. The minimum atomic E-state index is -0.251. The fourth-order valence-corrected chi connectivity index (χ4v) is 1.27. The summed E-state index contributed by atoms with van der Waals surface area (Å²) in [5.41, 5.74) is 0.620. The van der Waals surface area contributed by atoms with Crippen molar-refractivity contribution in [3.05, 3.63) is 37.1 Å². The summed E-state index contributed by atoms with van der Waals surface area (Å²) in [6.45, 7) is 0. The molecule has 5 nitrogen and oxygen atoms in total. The van der Waals surface area contributed by atoms with Gasteiger partial charge in [0.05, 0.1) is 11.9 Å². The zero-order valence-corrected chi connectivity index (χ0v) is 9.05. The van der Waals surface area contributed by atoms with E-state index in [-0.39, 0.29) is 11.8 Å². The van der Waals surface area contributed by atoms with Crippen molar-refractivity contribution < 1.29 is 4.79 Å². The summed E-state index contributed by atoms with van der Waals surface area (Å²) in [5.74, 6) is 0.420. The number of pyridine rings is 1. The Morgan fingerprint density at radius 1 is 1.50 bits per heavy atom. The Bertz CT molecular complexity index is 466. The van der Waals surface area contributed by atoms with E-state index in [2.05, 4.69) is 15.3 Å². The van der Waals surface area contributed by atoms with Gasteiger partial charge in [-0.2, -0.15) is 0 Å². The van der Waals surface area contributed by atoms with Crippen molar-refractivity contribution in [1.82, 2.24) is 14.5 Å². The molecule has 0 saturated carbocycles. The molecule has 0 bridgehead atoms. The number of anilines is 1. The highest BCUT2D eigenvalue weighted by Crippen LogP contribution is 2.09. The lowest BCUT2D eigenvalue weighted by Crippen LogP contribution is -2.12. The monoisotopic (exact) mass is 236 g/mol. The van der Waals surface area contributed by atoms with Crippen molar-refractivity contribution in [3.63, 3.8) is 0 Å². The molecule has 0 atom stereocenters. The summed E-state index contributed by atoms with van der Waals surface area (Å²) in [6.07, 6.45) is 6.68. The first-order chi connectivity index (χ1) is 7.79. The van der Waals surface area contributed by atoms with Crippen molar-refractivity contribution in [3.8, 4) is 5.82 Å². The first kappa shape index (κ1) is 10.6. The number of rotatable bonds is 3. The molecule has 2 aromatic heterocycles. The van der Waals surface area contributed by atoms with Crippen LogP contribution in [0.2, 0.25) is 0 Å². The zero-order valence-electron chi connectivity index (χ0n) is 8.30. The molecule has 0 aromatic carbocycles. The number of carbonyl (C=O) groups is 1. The molecule has 2 aromatic rings. The lowest BCUT2D eigenvalue weighted by molar-refractivity contribution is -0.113. The van der Waals surface area contributed by atoms with Crippen LogP contribution in [0.4, 0.5) is 5.69 Å². The predicted octanol–water partition coefficient (Wildman–Crippen LogP) is 1.44. The molecule has 16 heavy (non-hydrogen) atoms.